The molecular weight excluding hydrogens is 172 g/mol. The van der Waals surface area contributed by atoms with E-state index in [1.165, 1.54) is 13.0 Å². The van der Waals surface area contributed by atoms with Crippen LogP contribution in [-0.4, -0.2) is 37.1 Å². The zero-order valence-electron chi connectivity index (χ0n) is 9.64. The highest BCUT2D eigenvalue weighted by Crippen LogP contribution is 2.07. The second-order valence-corrected chi connectivity index (χ2v) is 4.32. The summed E-state index contributed by atoms with van der Waals surface area (Å²) in [4.78, 5) is 2.46. The van der Waals surface area contributed by atoms with Crippen molar-refractivity contribution in [3.63, 3.8) is 0 Å². The molecule has 0 bridgehead atoms. The number of hydrogen-bond acceptors (Lipinski definition) is 2. The molecule has 0 aromatic rings. The molecule has 1 unspecified atom stereocenters. The predicted molar refractivity (Wildman–Crippen MR) is 61.1 cm³/mol. The summed E-state index contributed by atoms with van der Waals surface area (Å²) in [5.41, 5.74) is 0. The van der Waals surface area contributed by atoms with Crippen LogP contribution in [0.1, 0.15) is 27.2 Å². The standard InChI is InChI=1S/C12H22N2/c1-4-5-8-14-9-6-7-13-12(10-14)11(2)3/h11-13H,6-10H2,1-3H3. The Morgan fingerprint density at radius 1 is 1.50 bits per heavy atom. The molecule has 1 N–H and O–H groups in total. The van der Waals surface area contributed by atoms with Gasteiger partial charge in [0.05, 0.1) is 6.54 Å². The molecule has 1 saturated heterocycles. The molecule has 1 fully saturated rings. The van der Waals surface area contributed by atoms with Gasteiger partial charge in [0.2, 0.25) is 0 Å². The Hall–Kier alpha value is -0.520. The Kier molecular flexibility index (Phi) is 5.00. The number of nitrogens with one attached hydrogen (secondary N) is 1. The molecule has 0 spiro atoms. The van der Waals surface area contributed by atoms with E-state index in [1.807, 2.05) is 6.92 Å². The van der Waals surface area contributed by atoms with Crippen molar-refractivity contribution in [2.75, 3.05) is 26.2 Å². The van der Waals surface area contributed by atoms with Crippen molar-refractivity contribution in [2.24, 2.45) is 5.92 Å². The Labute approximate surface area is 88.1 Å². The fourth-order valence-corrected chi connectivity index (χ4v) is 1.81. The lowest BCUT2D eigenvalue weighted by molar-refractivity contribution is 0.270. The lowest BCUT2D eigenvalue weighted by Gasteiger charge is -2.25. The molecule has 0 aromatic heterocycles. The molecule has 0 aliphatic carbocycles. The summed E-state index contributed by atoms with van der Waals surface area (Å²) >= 11 is 0. The molecule has 0 aromatic carbocycles. The molecule has 2 nitrogen and oxygen atoms in total. The number of nitrogens with zero attached hydrogens (tertiary/aromatic N) is 1. The van der Waals surface area contributed by atoms with Gasteiger partial charge in [-0.05, 0) is 25.8 Å². The van der Waals surface area contributed by atoms with Gasteiger partial charge in [-0.1, -0.05) is 19.8 Å². The summed E-state index contributed by atoms with van der Waals surface area (Å²) in [6, 6.07) is 0.635. The van der Waals surface area contributed by atoms with Crippen molar-refractivity contribution in [2.45, 2.75) is 33.2 Å². The van der Waals surface area contributed by atoms with Gasteiger partial charge >= 0.3 is 0 Å². The van der Waals surface area contributed by atoms with E-state index < -0.39 is 0 Å². The van der Waals surface area contributed by atoms with Crippen LogP contribution < -0.4 is 5.32 Å². The topological polar surface area (TPSA) is 15.3 Å². The van der Waals surface area contributed by atoms with Crippen molar-refractivity contribution in [3.8, 4) is 11.8 Å². The average Bonchev–Trinajstić information content (AvgIpc) is 2.39. The Morgan fingerprint density at radius 2 is 2.29 bits per heavy atom. The molecule has 0 radical (unpaired) electrons. The number of hydrogen-bond donors (Lipinski definition) is 1. The van der Waals surface area contributed by atoms with Gasteiger partial charge in [0.1, 0.15) is 0 Å². The van der Waals surface area contributed by atoms with Crippen LogP contribution in [0, 0.1) is 17.8 Å². The molecule has 2 heteroatoms. The Bertz CT molecular complexity index is 212. The summed E-state index contributed by atoms with van der Waals surface area (Å²) in [5, 5.41) is 3.60. The zero-order valence-corrected chi connectivity index (χ0v) is 9.64. The van der Waals surface area contributed by atoms with E-state index in [-0.39, 0.29) is 0 Å². The molecule has 0 amide bonds. The highest BCUT2D eigenvalue weighted by Gasteiger charge is 2.19. The maximum Gasteiger partial charge on any atom is 0.0602 e. The maximum atomic E-state index is 3.60. The maximum absolute atomic E-state index is 3.60. The first kappa shape index (κ1) is 11.6. The van der Waals surface area contributed by atoms with Crippen LogP contribution in [0.15, 0.2) is 0 Å². The van der Waals surface area contributed by atoms with E-state index >= 15 is 0 Å². The first-order valence-corrected chi connectivity index (χ1v) is 5.59. The van der Waals surface area contributed by atoms with E-state index in [9.17, 15) is 0 Å². The first-order chi connectivity index (χ1) is 6.74. The highest BCUT2D eigenvalue weighted by atomic mass is 15.2. The third kappa shape index (κ3) is 3.69. The minimum absolute atomic E-state index is 0.635. The van der Waals surface area contributed by atoms with Crippen molar-refractivity contribution < 1.29 is 0 Å². The monoisotopic (exact) mass is 194 g/mol. The molecular formula is C12H22N2. The third-order valence-electron chi connectivity index (χ3n) is 2.80. The van der Waals surface area contributed by atoms with E-state index in [2.05, 4.69) is 35.9 Å². The van der Waals surface area contributed by atoms with Crippen LogP contribution in [0.25, 0.3) is 0 Å². The quantitative estimate of drug-likeness (QED) is 0.667. The zero-order chi connectivity index (χ0) is 10.4. The summed E-state index contributed by atoms with van der Waals surface area (Å²) < 4.78 is 0. The summed E-state index contributed by atoms with van der Waals surface area (Å²) in [5.74, 6) is 6.83. The van der Waals surface area contributed by atoms with Gasteiger partial charge in [-0.25, -0.2) is 0 Å². The molecule has 1 heterocycles. The lowest BCUT2D eigenvalue weighted by atomic mass is 10.0. The van der Waals surface area contributed by atoms with Gasteiger partial charge in [-0.2, -0.15) is 0 Å². The second kappa shape index (κ2) is 6.06. The van der Waals surface area contributed by atoms with Crippen LogP contribution in [0.4, 0.5) is 0 Å². The van der Waals surface area contributed by atoms with Gasteiger partial charge in [0.25, 0.3) is 0 Å². The van der Waals surface area contributed by atoms with Crippen LogP contribution in [0.3, 0.4) is 0 Å². The second-order valence-electron chi connectivity index (χ2n) is 4.32. The molecule has 1 aliphatic rings. The van der Waals surface area contributed by atoms with Gasteiger partial charge in [-0.3, -0.25) is 4.90 Å². The Balaban J connectivity index is 2.45. The van der Waals surface area contributed by atoms with Crippen molar-refractivity contribution >= 4 is 0 Å². The summed E-state index contributed by atoms with van der Waals surface area (Å²) in [7, 11) is 0. The van der Waals surface area contributed by atoms with E-state index in [0.717, 1.165) is 19.6 Å². The largest absolute Gasteiger partial charge is 0.312 e. The van der Waals surface area contributed by atoms with Crippen LogP contribution in [0.2, 0.25) is 0 Å². The molecule has 1 rings (SSSR count). The van der Waals surface area contributed by atoms with E-state index in [0.29, 0.717) is 12.0 Å². The smallest absolute Gasteiger partial charge is 0.0602 e. The Morgan fingerprint density at radius 3 is 2.93 bits per heavy atom. The average molecular weight is 194 g/mol. The normalized spacial score (nSPS) is 24.1. The molecule has 1 aliphatic heterocycles. The minimum Gasteiger partial charge on any atom is -0.312 e. The van der Waals surface area contributed by atoms with Gasteiger partial charge in [-0.15, -0.1) is 5.92 Å². The molecule has 80 valence electrons. The fraction of sp³-hybridized carbons (Fsp3) is 0.833. The molecule has 1 atom stereocenters. The van der Waals surface area contributed by atoms with Crippen molar-refractivity contribution in [1.29, 1.82) is 0 Å². The first-order valence-electron chi connectivity index (χ1n) is 5.59. The van der Waals surface area contributed by atoms with Crippen LogP contribution >= 0.6 is 0 Å². The highest BCUT2D eigenvalue weighted by molar-refractivity contribution is 4.98. The summed E-state index contributed by atoms with van der Waals surface area (Å²) in [6.07, 6.45) is 1.24. The SMILES string of the molecule is CC#CCN1CCCNC(C(C)C)C1. The van der Waals surface area contributed by atoms with Crippen molar-refractivity contribution in [3.05, 3.63) is 0 Å². The summed E-state index contributed by atoms with van der Waals surface area (Å²) in [6.45, 7) is 10.9. The van der Waals surface area contributed by atoms with E-state index in [1.54, 1.807) is 0 Å². The van der Waals surface area contributed by atoms with Crippen LogP contribution in [0.5, 0.6) is 0 Å². The predicted octanol–water partition coefficient (Wildman–Crippen LogP) is 1.33. The molecule has 0 saturated carbocycles. The van der Waals surface area contributed by atoms with E-state index in [4.69, 9.17) is 0 Å². The number of rotatable bonds is 2. The fourth-order valence-electron chi connectivity index (χ4n) is 1.81. The minimum atomic E-state index is 0.635. The lowest BCUT2D eigenvalue weighted by Crippen LogP contribution is -2.41. The van der Waals surface area contributed by atoms with Gasteiger partial charge in [0.15, 0.2) is 0 Å². The third-order valence-corrected chi connectivity index (χ3v) is 2.80. The van der Waals surface area contributed by atoms with Gasteiger partial charge in [0, 0.05) is 19.1 Å². The van der Waals surface area contributed by atoms with Crippen molar-refractivity contribution in [1.82, 2.24) is 10.2 Å². The van der Waals surface area contributed by atoms with Crippen LogP contribution in [-0.2, 0) is 0 Å². The molecule has 14 heavy (non-hydrogen) atoms. The van der Waals surface area contributed by atoms with Gasteiger partial charge < -0.3 is 5.32 Å².